The van der Waals surface area contributed by atoms with Crippen LogP contribution in [0.15, 0.2) is 30.0 Å². The highest BCUT2D eigenvalue weighted by molar-refractivity contribution is 6.31. The summed E-state index contributed by atoms with van der Waals surface area (Å²) in [5.41, 5.74) is 1.81. The minimum absolute atomic E-state index is 0.0510. The van der Waals surface area contributed by atoms with E-state index in [1.54, 1.807) is 29.3 Å². The molecule has 1 aromatic rings. The quantitative estimate of drug-likeness (QED) is 0.241. The number of anilines is 1. The first kappa shape index (κ1) is 25.5. The monoisotopic (exact) mass is 446 g/mol. The lowest BCUT2D eigenvalue weighted by Crippen LogP contribution is -2.39. The number of rotatable bonds is 13. The molecule has 1 aromatic carbocycles. The van der Waals surface area contributed by atoms with Gasteiger partial charge in [0.2, 0.25) is 5.91 Å². The molecule has 0 atom stereocenters. The number of ketones is 1. The summed E-state index contributed by atoms with van der Waals surface area (Å²) in [6.45, 7) is 2.58. The normalized spacial score (nSPS) is 14.8. The van der Waals surface area contributed by atoms with Gasteiger partial charge in [0.25, 0.3) is 0 Å². The van der Waals surface area contributed by atoms with Gasteiger partial charge in [0.15, 0.2) is 5.78 Å². The molecule has 31 heavy (non-hydrogen) atoms. The third-order valence-electron chi connectivity index (χ3n) is 5.82. The lowest BCUT2D eigenvalue weighted by atomic mass is 9.95. The molecule has 1 aliphatic rings. The molecule has 2 rings (SSSR count). The largest absolute Gasteiger partial charge is 0.383 e. The molecule has 172 valence electrons. The summed E-state index contributed by atoms with van der Waals surface area (Å²) in [6.07, 6.45) is 16.2. The fourth-order valence-electron chi connectivity index (χ4n) is 4.13. The number of hydrogen-bond acceptors (Lipinski definition) is 3. The van der Waals surface area contributed by atoms with Crippen LogP contribution in [0, 0.1) is 0 Å². The minimum Gasteiger partial charge on any atom is -0.383 e. The summed E-state index contributed by atoms with van der Waals surface area (Å²) < 4.78 is 0. The topological polar surface area (TPSA) is 40.6 Å². The lowest BCUT2D eigenvalue weighted by Gasteiger charge is -2.31. The van der Waals surface area contributed by atoms with Crippen LogP contribution in [0.2, 0.25) is 5.02 Å². The first-order valence-corrected chi connectivity index (χ1v) is 12.3. The highest BCUT2D eigenvalue weighted by Crippen LogP contribution is 2.32. The second-order valence-electron chi connectivity index (χ2n) is 8.87. The number of fused-ring (bicyclic) bond motifs is 1. The van der Waals surface area contributed by atoms with Gasteiger partial charge in [-0.3, -0.25) is 9.59 Å². The molecule has 4 nitrogen and oxygen atoms in total. The minimum atomic E-state index is -0.0510. The van der Waals surface area contributed by atoms with Crippen LogP contribution in [-0.2, 0) is 4.79 Å². The SMILES string of the molecule is CCCCCCCCCCCCCC(=O)N1C/C(=C/N(C)C)C(=O)c2cc(Cl)ccc21. The maximum absolute atomic E-state index is 13.0. The van der Waals surface area contributed by atoms with Crippen molar-refractivity contribution in [1.82, 2.24) is 4.90 Å². The van der Waals surface area contributed by atoms with Crippen molar-refractivity contribution < 1.29 is 9.59 Å². The van der Waals surface area contributed by atoms with E-state index in [-0.39, 0.29) is 11.7 Å². The molecule has 0 saturated heterocycles. The smallest absolute Gasteiger partial charge is 0.227 e. The molecule has 0 N–H and O–H groups in total. The first-order chi connectivity index (χ1) is 14.9. The average Bonchev–Trinajstić information content (AvgIpc) is 2.73. The second kappa shape index (κ2) is 13.6. The van der Waals surface area contributed by atoms with Gasteiger partial charge >= 0.3 is 0 Å². The van der Waals surface area contributed by atoms with Gasteiger partial charge in [-0.2, -0.15) is 0 Å². The molecule has 0 aliphatic carbocycles. The number of carbonyl (C=O) groups is 2. The van der Waals surface area contributed by atoms with Gasteiger partial charge in [-0.15, -0.1) is 0 Å². The van der Waals surface area contributed by atoms with Crippen molar-refractivity contribution in [3.8, 4) is 0 Å². The Morgan fingerprint density at radius 2 is 1.58 bits per heavy atom. The Kier molecular flexibility index (Phi) is 11.1. The molecule has 0 spiro atoms. The van der Waals surface area contributed by atoms with Crippen molar-refractivity contribution in [1.29, 1.82) is 0 Å². The van der Waals surface area contributed by atoms with E-state index in [0.717, 1.165) is 12.8 Å². The van der Waals surface area contributed by atoms with E-state index in [0.29, 0.717) is 34.8 Å². The second-order valence-corrected chi connectivity index (χ2v) is 9.31. The molecule has 1 heterocycles. The molecule has 0 fully saturated rings. The van der Waals surface area contributed by atoms with E-state index >= 15 is 0 Å². The van der Waals surface area contributed by atoms with Crippen LogP contribution < -0.4 is 4.90 Å². The van der Waals surface area contributed by atoms with Crippen LogP contribution in [0.3, 0.4) is 0 Å². The molecule has 0 aromatic heterocycles. The highest BCUT2D eigenvalue weighted by Gasteiger charge is 2.30. The zero-order valence-electron chi connectivity index (χ0n) is 19.6. The van der Waals surface area contributed by atoms with E-state index < -0.39 is 0 Å². The number of nitrogens with zero attached hydrogens (tertiary/aromatic N) is 2. The van der Waals surface area contributed by atoms with Crippen molar-refractivity contribution in [3.05, 3.63) is 40.6 Å². The fourth-order valence-corrected chi connectivity index (χ4v) is 4.31. The van der Waals surface area contributed by atoms with Crippen LogP contribution in [0.5, 0.6) is 0 Å². The van der Waals surface area contributed by atoms with E-state index in [2.05, 4.69) is 6.92 Å². The fraction of sp³-hybridized carbons (Fsp3) is 0.615. The van der Waals surface area contributed by atoms with Crippen molar-refractivity contribution in [2.24, 2.45) is 0 Å². The third-order valence-corrected chi connectivity index (χ3v) is 6.06. The van der Waals surface area contributed by atoms with Gasteiger partial charge in [0, 0.05) is 42.9 Å². The number of hydrogen-bond donors (Lipinski definition) is 0. The molecule has 5 heteroatoms. The van der Waals surface area contributed by atoms with Crippen LogP contribution in [0.4, 0.5) is 5.69 Å². The summed E-state index contributed by atoms with van der Waals surface area (Å²) >= 11 is 6.12. The first-order valence-electron chi connectivity index (χ1n) is 12.0. The predicted octanol–water partition coefficient (Wildman–Crippen LogP) is 7.02. The summed E-state index contributed by atoms with van der Waals surface area (Å²) in [5, 5.41) is 0.510. The molecule has 0 radical (unpaired) electrons. The van der Waals surface area contributed by atoms with Crippen molar-refractivity contribution >= 4 is 29.0 Å². The average molecular weight is 447 g/mol. The van der Waals surface area contributed by atoms with E-state index in [1.165, 1.54) is 57.8 Å². The number of carbonyl (C=O) groups excluding carboxylic acids is 2. The summed E-state index contributed by atoms with van der Waals surface area (Å²) in [7, 11) is 3.76. The number of amides is 1. The van der Waals surface area contributed by atoms with E-state index in [4.69, 9.17) is 11.6 Å². The zero-order chi connectivity index (χ0) is 22.6. The molecular formula is C26H39ClN2O2. The predicted molar refractivity (Wildman–Crippen MR) is 131 cm³/mol. The van der Waals surface area contributed by atoms with Gasteiger partial charge in [-0.1, -0.05) is 82.7 Å². The highest BCUT2D eigenvalue weighted by atomic mass is 35.5. The maximum atomic E-state index is 13.0. The molecule has 0 bridgehead atoms. The lowest BCUT2D eigenvalue weighted by molar-refractivity contribution is -0.118. The molecule has 0 saturated carbocycles. The van der Waals surface area contributed by atoms with Gasteiger partial charge in [0.1, 0.15) is 0 Å². The van der Waals surface area contributed by atoms with E-state index in [9.17, 15) is 9.59 Å². The van der Waals surface area contributed by atoms with Gasteiger partial charge in [-0.05, 0) is 24.6 Å². The third kappa shape index (κ3) is 8.33. The van der Waals surface area contributed by atoms with Crippen molar-refractivity contribution in [3.63, 3.8) is 0 Å². The van der Waals surface area contributed by atoms with Crippen molar-refractivity contribution in [2.75, 3.05) is 25.5 Å². The number of halogens is 1. The molecule has 0 unspecified atom stereocenters. The molecule has 1 aliphatic heterocycles. The molecule has 1 amide bonds. The summed E-state index contributed by atoms with van der Waals surface area (Å²) in [5.74, 6) is 0.0293. The number of Topliss-reactive ketones (excluding diaryl/α,β-unsaturated/α-hetero) is 1. The van der Waals surface area contributed by atoms with E-state index in [1.807, 2.05) is 19.0 Å². The van der Waals surface area contributed by atoms with Crippen LogP contribution in [-0.4, -0.2) is 37.2 Å². The molecular weight excluding hydrogens is 408 g/mol. The standard InChI is InChI=1S/C26H39ClN2O2/c1-4-5-6-7-8-9-10-11-12-13-14-15-25(30)29-20-21(19-28(2)3)26(31)23-18-22(27)16-17-24(23)29/h16-19H,4-15,20H2,1-3H3/b21-19-. The Morgan fingerprint density at radius 1 is 1.00 bits per heavy atom. The van der Waals surface area contributed by atoms with Crippen LogP contribution >= 0.6 is 11.6 Å². The Balaban J connectivity index is 1.80. The Hall–Kier alpha value is -1.81. The Labute approximate surface area is 193 Å². The number of benzene rings is 1. The Morgan fingerprint density at radius 3 is 2.16 bits per heavy atom. The van der Waals surface area contributed by atoms with Crippen molar-refractivity contribution in [2.45, 2.75) is 84.0 Å². The van der Waals surface area contributed by atoms with Gasteiger partial charge in [-0.25, -0.2) is 0 Å². The van der Waals surface area contributed by atoms with Gasteiger partial charge in [0.05, 0.1) is 12.2 Å². The Bertz CT molecular complexity index is 758. The summed E-state index contributed by atoms with van der Waals surface area (Å²) in [4.78, 5) is 29.4. The maximum Gasteiger partial charge on any atom is 0.227 e. The number of unbranched alkanes of at least 4 members (excludes halogenated alkanes) is 10. The summed E-state index contributed by atoms with van der Waals surface area (Å²) in [6, 6.07) is 5.21. The van der Waals surface area contributed by atoms with Crippen LogP contribution in [0.25, 0.3) is 0 Å². The zero-order valence-corrected chi connectivity index (χ0v) is 20.3. The van der Waals surface area contributed by atoms with Crippen LogP contribution in [0.1, 0.15) is 94.3 Å². The van der Waals surface area contributed by atoms with Gasteiger partial charge < -0.3 is 9.80 Å².